The van der Waals surface area contributed by atoms with Crippen LogP contribution in [0.2, 0.25) is 0 Å². The van der Waals surface area contributed by atoms with Crippen LogP contribution < -0.4 is 10.7 Å². The second kappa shape index (κ2) is 7.29. The molecule has 1 aromatic heterocycles. The molecule has 118 valence electrons. The number of benzene rings is 1. The molecule has 1 heterocycles. The molecule has 0 amide bonds. The molecule has 0 aliphatic heterocycles. The minimum atomic E-state index is -0.676. The highest BCUT2D eigenvalue weighted by molar-refractivity contribution is 5.38. The summed E-state index contributed by atoms with van der Waals surface area (Å²) in [7, 11) is 1.58. The van der Waals surface area contributed by atoms with Gasteiger partial charge in [0, 0.05) is 43.7 Å². The van der Waals surface area contributed by atoms with Gasteiger partial charge in [-0.1, -0.05) is 6.07 Å². The lowest BCUT2D eigenvalue weighted by atomic mass is 10.2. The third-order valence-corrected chi connectivity index (χ3v) is 3.30. The Labute approximate surface area is 127 Å². The zero-order chi connectivity index (χ0) is 16.1. The monoisotopic (exact) mass is 308 g/mol. The minimum absolute atomic E-state index is 0.171. The third kappa shape index (κ3) is 3.58. The van der Waals surface area contributed by atoms with Crippen molar-refractivity contribution in [2.75, 3.05) is 20.3 Å². The van der Waals surface area contributed by atoms with E-state index in [2.05, 4.69) is 5.32 Å². The van der Waals surface area contributed by atoms with Crippen LogP contribution in [0.15, 0.2) is 35.3 Å². The van der Waals surface area contributed by atoms with E-state index in [1.165, 1.54) is 35.0 Å². The Morgan fingerprint density at radius 1 is 1.27 bits per heavy atom. The summed E-state index contributed by atoms with van der Waals surface area (Å²) in [6, 6.07) is 5.05. The first-order valence-corrected chi connectivity index (χ1v) is 6.91. The molecular formula is C16H18F2N2O2. The maximum absolute atomic E-state index is 13.9. The molecule has 4 nitrogen and oxygen atoms in total. The van der Waals surface area contributed by atoms with E-state index in [9.17, 15) is 13.6 Å². The minimum Gasteiger partial charge on any atom is -0.383 e. The van der Waals surface area contributed by atoms with Gasteiger partial charge in [-0.15, -0.1) is 0 Å². The van der Waals surface area contributed by atoms with E-state index in [1.54, 1.807) is 14.0 Å². The van der Waals surface area contributed by atoms with Crippen LogP contribution >= 0.6 is 0 Å². The normalized spacial score (nSPS) is 10.9. The number of halogens is 2. The highest BCUT2D eigenvalue weighted by Crippen LogP contribution is 2.19. The number of aryl methyl sites for hydroxylation is 1. The summed E-state index contributed by atoms with van der Waals surface area (Å²) < 4.78 is 34.1. The lowest BCUT2D eigenvalue weighted by Gasteiger charge is -2.14. The van der Waals surface area contributed by atoms with E-state index >= 15 is 0 Å². The molecule has 0 aliphatic rings. The van der Waals surface area contributed by atoms with Crippen LogP contribution in [-0.2, 0) is 11.3 Å². The van der Waals surface area contributed by atoms with Gasteiger partial charge in [-0.2, -0.15) is 0 Å². The van der Waals surface area contributed by atoms with Gasteiger partial charge < -0.3 is 14.6 Å². The summed E-state index contributed by atoms with van der Waals surface area (Å²) in [6.07, 6.45) is 1.47. The molecule has 0 saturated carbocycles. The summed E-state index contributed by atoms with van der Waals surface area (Å²) in [6.45, 7) is 3.04. The Balaban J connectivity index is 2.38. The molecule has 1 N–H and O–H groups in total. The molecule has 2 rings (SSSR count). The van der Waals surface area contributed by atoms with Crippen LogP contribution in [-0.4, -0.2) is 24.8 Å². The molecule has 22 heavy (non-hydrogen) atoms. The van der Waals surface area contributed by atoms with Crippen LogP contribution in [0, 0.1) is 18.6 Å². The quantitative estimate of drug-likeness (QED) is 0.832. The van der Waals surface area contributed by atoms with Crippen molar-refractivity contribution in [3.63, 3.8) is 0 Å². The zero-order valence-electron chi connectivity index (χ0n) is 12.5. The summed E-state index contributed by atoms with van der Waals surface area (Å²) in [5, 5.41) is 3.04. The van der Waals surface area contributed by atoms with Crippen LogP contribution in [0.25, 0.3) is 5.69 Å². The first-order valence-electron chi connectivity index (χ1n) is 6.91. The number of nitrogens with one attached hydrogen (secondary N) is 1. The molecule has 0 unspecified atom stereocenters. The van der Waals surface area contributed by atoms with Gasteiger partial charge in [-0.05, 0) is 19.1 Å². The molecular weight excluding hydrogens is 290 g/mol. The second-order valence-electron chi connectivity index (χ2n) is 4.91. The van der Waals surface area contributed by atoms with E-state index in [-0.39, 0.29) is 11.1 Å². The molecule has 0 spiro atoms. The fraction of sp³-hybridized carbons (Fsp3) is 0.312. The highest BCUT2D eigenvalue weighted by atomic mass is 19.1. The first kappa shape index (κ1) is 16.3. The molecule has 6 heteroatoms. The number of hydrogen-bond acceptors (Lipinski definition) is 3. The Morgan fingerprint density at radius 2 is 1.95 bits per heavy atom. The average Bonchev–Trinajstić information content (AvgIpc) is 2.47. The Hall–Kier alpha value is -2.05. The lowest BCUT2D eigenvalue weighted by Crippen LogP contribution is -2.24. The van der Waals surface area contributed by atoms with Crippen LogP contribution in [0.4, 0.5) is 8.78 Å². The zero-order valence-corrected chi connectivity index (χ0v) is 12.5. The van der Waals surface area contributed by atoms with Crippen molar-refractivity contribution < 1.29 is 13.5 Å². The second-order valence-corrected chi connectivity index (χ2v) is 4.91. The van der Waals surface area contributed by atoms with Gasteiger partial charge in [0.1, 0.15) is 17.3 Å². The molecule has 0 aliphatic carbocycles. The van der Waals surface area contributed by atoms with Crippen molar-refractivity contribution in [1.82, 2.24) is 9.88 Å². The van der Waals surface area contributed by atoms with Crippen molar-refractivity contribution in [2.24, 2.45) is 0 Å². The number of methoxy groups -OCH3 is 1. The van der Waals surface area contributed by atoms with Gasteiger partial charge in [0.2, 0.25) is 0 Å². The molecule has 0 saturated heterocycles. The fourth-order valence-electron chi connectivity index (χ4n) is 2.16. The third-order valence-electron chi connectivity index (χ3n) is 3.30. The number of aromatic nitrogens is 1. The van der Waals surface area contributed by atoms with Crippen molar-refractivity contribution in [3.05, 3.63) is 63.6 Å². The van der Waals surface area contributed by atoms with E-state index in [4.69, 9.17) is 4.74 Å². The SMILES string of the molecule is COCCNCc1cn(-c2c(F)cccc2F)c(C)cc1=O. The van der Waals surface area contributed by atoms with Gasteiger partial charge in [0.05, 0.1) is 6.61 Å². The Morgan fingerprint density at radius 3 is 2.59 bits per heavy atom. The highest BCUT2D eigenvalue weighted by Gasteiger charge is 2.13. The number of hydrogen-bond donors (Lipinski definition) is 1. The predicted molar refractivity (Wildman–Crippen MR) is 80.3 cm³/mol. The van der Waals surface area contributed by atoms with Crippen LogP contribution in [0.3, 0.4) is 0 Å². The number of ether oxygens (including phenoxy) is 1. The molecule has 1 aromatic carbocycles. The summed E-state index contributed by atoms with van der Waals surface area (Å²) >= 11 is 0. The predicted octanol–water partition coefficient (Wildman–Crippen LogP) is 2.16. The van der Waals surface area contributed by atoms with Gasteiger partial charge in [0.15, 0.2) is 5.43 Å². The van der Waals surface area contributed by atoms with E-state index < -0.39 is 11.6 Å². The number of rotatable bonds is 6. The number of pyridine rings is 1. The largest absolute Gasteiger partial charge is 0.383 e. The van der Waals surface area contributed by atoms with Gasteiger partial charge >= 0.3 is 0 Å². The molecule has 0 radical (unpaired) electrons. The molecule has 0 bridgehead atoms. The maximum Gasteiger partial charge on any atom is 0.186 e. The van der Waals surface area contributed by atoms with Crippen molar-refractivity contribution in [3.8, 4) is 5.69 Å². The summed E-state index contributed by atoms with van der Waals surface area (Å²) in [5.41, 5.74) is 0.549. The molecule has 2 aromatic rings. The summed E-state index contributed by atoms with van der Waals surface area (Å²) in [4.78, 5) is 12.0. The average molecular weight is 308 g/mol. The van der Waals surface area contributed by atoms with Crippen molar-refractivity contribution >= 4 is 0 Å². The van der Waals surface area contributed by atoms with E-state index in [0.717, 1.165) is 0 Å². The van der Waals surface area contributed by atoms with Gasteiger partial charge in [-0.3, -0.25) is 4.79 Å². The maximum atomic E-state index is 13.9. The number of para-hydroxylation sites is 1. The van der Waals surface area contributed by atoms with Crippen LogP contribution in [0.1, 0.15) is 11.3 Å². The van der Waals surface area contributed by atoms with Crippen molar-refractivity contribution in [1.29, 1.82) is 0 Å². The lowest BCUT2D eigenvalue weighted by molar-refractivity contribution is 0.199. The van der Waals surface area contributed by atoms with Crippen molar-refractivity contribution in [2.45, 2.75) is 13.5 Å². The Kier molecular flexibility index (Phi) is 5.41. The standard InChI is InChI=1S/C16H18F2N2O2/c1-11-8-15(21)12(9-19-6-7-22-2)10-20(11)16-13(17)4-3-5-14(16)18/h3-5,8,10,19H,6-7,9H2,1-2H3. The molecule has 0 fully saturated rings. The van der Waals surface area contributed by atoms with Gasteiger partial charge in [-0.25, -0.2) is 8.78 Å². The smallest absolute Gasteiger partial charge is 0.186 e. The fourth-order valence-corrected chi connectivity index (χ4v) is 2.16. The van der Waals surface area contributed by atoms with E-state index in [0.29, 0.717) is 31.0 Å². The number of nitrogens with zero attached hydrogens (tertiary/aromatic N) is 1. The van der Waals surface area contributed by atoms with E-state index in [1.807, 2.05) is 0 Å². The Bertz CT molecular complexity index is 694. The summed E-state index contributed by atoms with van der Waals surface area (Å²) in [5.74, 6) is -1.35. The topological polar surface area (TPSA) is 43.3 Å². The van der Waals surface area contributed by atoms with Crippen LogP contribution in [0.5, 0.6) is 0 Å². The van der Waals surface area contributed by atoms with Gasteiger partial charge in [0.25, 0.3) is 0 Å². The molecule has 0 atom stereocenters. The first-order chi connectivity index (χ1) is 10.5.